The molecule has 0 atom stereocenters. The average Bonchev–Trinajstić information content (AvgIpc) is 3.29. The van der Waals surface area contributed by atoms with E-state index in [0.717, 1.165) is 6.42 Å². The molecule has 0 aliphatic rings. The molecule has 27 heavy (non-hydrogen) atoms. The van der Waals surface area contributed by atoms with Gasteiger partial charge in [0, 0.05) is 49.3 Å². The zero-order valence-corrected chi connectivity index (χ0v) is 15.6. The van der Waals surface area contributed by atoms with Gasteiger partial charge in [-0.1, -0.05) is 12.0 Å². The van der Waals surface area contributed by atoms with Crippen LogP contribution in [0.3, 0.4) is 0 Å². The smallest absolute Gasteiger partial charge is 0.233 e. The molecule has 0 spiro atoms. The topological polar surface area (TPSA) is 99.1 Å². The van der Waals surface area contributed by atoms with Gasteiger partial charge in [-0.3, -0.25) is 0 Å². The van der Waals surface area contributed by atoms with E-state index in [4.69, 9.17) is 16.9 Å². The second-order valence-corrected chi connectivity index (χ2v) is 6.52. The normalized spacial score (nSPS) is 12.1. The number of methoxy groups -OCH3 is 1. The summed E-state index contributed by atoms with van der Waals surface area (Å²) in [5.74, 6) is 3.23. The second kappa shape index (κ2) is 8.49. The molecule has 0 saturated heterocycles. The molecule has 3 aromatic rings. The zero-order valence-electron chi connectivity index (χ0n) is 14.8. The standard InChI is InChI=1S/C19H19N5O2S/c1-3-4-5-7-14(20)13-12-27-16-15(13)22-17(23-19(16)25)18-21-8-10-24(18)9-6-11-26-2/h1,4-5,7-8,10,12H,6,9,11,20H2,2H3,(H,22,23,25)/b5-4-,14-7-. The number of nitrogens with zero attached hydrogens (tertiary/aromatic N) is 4. The second-order valence-electron chi connectivity index (χ2n) is 5.64. The number of hydrogen-bond acceptors (Lipinski definition) is 7. The lowest BCUT2D eigenvalue weighted by Gasteiger charge is -2.07. The highest BCUT2D eigenvalue weighted by molar-refractivity contribution is 7.17. The predicted molar refractivity (Wildman–Crippen MR) is 107 cm³/mol. The van der Waals surface area contributed by atoms with Crippen molar-refractivity contribution in [2.45, 2.75) is 13.0 Å². The van der Waals surface area contributed by atoms with E-state index >= 15 is 0 Å². The average molecular weight is 381 g/mol. The molecule has 7 nitrogen and oxygen atoms in total. The number of imidazole rings is 1. The summed E-state index contributed by atoms with van der Waals surface area (Å²) in [6.45, 7) is 1.35. The van der Waals surface area contributed by atoms with Crippen molar-refractivity contribution in [1.29, 1.82) is 0 Å². The summed E-state index contributed by atoms with van der Waals surface area (Å²) in [7, 11) is 1.67. The molecule has 0 radical (unpaired) electrons. The number of aryl methyl sites for hydroxylation is 1. The number of terminal acetylenes is 1. The van der Waals surface area contributed by atoms with Crippen LogP contribution in [-0.2, 0) is 11.3 Å². The van der Waals surface area contributed by atoms with Crippen molar-refractivity contribution in [2.75, 3.05) is 13.7 Å². The summed E-state index contributed by atoms with van der Waals surface area (Å²) in [4.78, 5) is 13.2. The summed E-state index contributed by atoms with van der Waals surface area (Å²) in [5, 5.41) is 12.2. The Morgan fingerprint density at radius 3 is 3.11 bits per heavy atom. The van der Waals surface area contributed by atoms with E-state index in [1.165, 1.54) is 11.3 Å². The van der Waals surface area contributed by atoms with Crippen molar-refractivity contribution in [1.82, 2.24) is 19.5 Å². The van der Waals surface area contributed by atoms with Crippen LogP contribution in [0.15, 0.2) is 36.0 Å². The fourth-order valence-corrected chi connectivity index (χ4v) is 3.48. The van der Waals surface area contributed by atoms with Gasteiger partial charge >= 0.3 is 0 Å². The van der Waals surface area contributed by atoms with Gasteiger partial charge in [0.25, 0.3) is 0 Å². The molecule has 0 fully saturated rings. The van der Waals surface area contributed by atoms with E-state index in [2.05, 4.69) is 20.9 Å². The third kappa shape index (κ3) is 4.00. The first-order valence-corrected chi connectivity index (χ1v) is 9.11. The van der Waals surface area contributed by atoms with Crippen molar-refractivity contribution in [3.8, 4) is 29.9 Å². The van der Waals surface area contributed by atoms with E-state index in [1.54, 1.807) is 31.5 Å². The van der Waals surface area contributed by atoms with Crippen LogP contribution >= 0.6 is 11.3 Å². The quantitative estimate of drug-likeness (QED) is 0.371. The number of thiophene rings is 1. The highest BCUT2D eigenvalue weighted by Crippen LogP contribution is 2.34. The third-order valence-corrected chi connectivity index (χ3v) is 4.80. The number of aromatic hydroxyl groups is 1. The number of allylic oxidation sites excluding steroid dienone is 3. The lowest BCUT2D eigenvalue weighted by atomic mass is 10.2. The van der Waals surface area contributed by atoms with E-state index in [-0.39, 0.29) is 5.88 Å². The molecule has 0 aliphatic carbocycles. The highest BCUT2D eigenvalue weighted by Gasteiger charge is 2.17. The van der Waals surface area contributed by atoms with Crippen LogP contribution < -0.4 is 5.73 Å². The number of ether oxygens (including phenoxy) is 1. The minimum absolute atomic E-state index is 0.0929. The van der Waals surface area contributed by atoms with Crippen LogP contribution in [0.1, 0.15) is 12.0 Å². The Balaban J connectivity index is 2.03. The number of rotatable bonds is 7. The van der Waals surface area contributed by atoms with Gasteiger partial charge in [-0.25, -0.2) is 9.97 Å². The van der Waals surface area contributed by atoms with E-state index in [9.17, 15) is 5.11 Å². The fraction of sp³-hybridized carbons (Fsp3) is 0.211. The SMILES string of the molecule is C#C/C=C\C=C(/N)c1csc2c(O)nc(-c3nccn3CCCOC)nc12. The molecule has 0 amide bonds. The van der Waals surface area contributed by atoms with Gasteiger partial charge in [0.05, 0.1) is 5.52 Å². The molecule has 0 bridgehead atoms. The Labute approximate surface area is 160 Å². The van der Waals surface area contributed by atoms with Crippen molar-refractivity contribution >= 4 is 27.3 Å². The lowest BCUT2D eigenvalue weighted by Crippen LogP contribution is -2.05. The van der Waals surface area contributed by atoms with Gasteiger partial charge in [0.2, 0.25) is 5.88 Å². The Morgan fingerprint density at radius 1 is 1.48 bits per heavy atom. The molecule has 0 aromatic carbocycles. The largest absolute Gasteiger partial charge is 0.492 e. The minimum Gasteiger partial charge on any atom is -0.492 e. The Hall–Kier alpha value is -3.15. The van der Waals surface area contributed by atoms with E-state index < -0.39 is 0 Å². The summed E-state index contributed by atoms with van der Waals surface area (Å²) >= 11 is 1.33. The van der Waals surface area contributed by atoms with Crippen molar-refractivity contribution in [3.63, 3.8) is 0 Å². The third-order valence-electron chi connectivity index (χ3n) is 3.84. The first kappa shape index (κ1) is 18.6. The van der Waals surface area contributed by atoms with Crippen molar-refractivity contribution in [2.24, 2.45) is 5.73 Å². The van der Waals surface area contributed by atoms with Gasteiger partial charge < -0.3 is 20.1 Å². The van der Waals surface area contributed by atoms with E-state index in [1.807, 2.05) is 16.1 Å². The van der Waals surface area contributed by atoms with Gasteiger partial charge in [0.1, 0.15) is 4.70 Å². The van der Waals surface area contributed by atoms with Gasteiger partial charge in [-0.15, -0.1) is 17.8 Å². The molecule has 138 valence electrons. The van der Waals surface area contributed by atoms with Gasteiger partial charge in [-0.05, 0) is 18.6 Å². The van der Waals surface area contributed by atoms with Gasteiger partial charge in [-0.2, -0.15) is 4.98 Å². The number of aromatic nitrogens is 4. The Morgan fingerprint density at radius 2 is 2.33 bits per heavy atom. The number of hydrogen-bond donors (Lipinski definition) is 2. The molecule has 3 heterocycles. The van der Waals surface area contributed by atoms with Crippen molar-refractivity contribution in [3.05, 3.63) is 41.6 Å². The number of nitrogens with two attached hydrogens (primary N) is 1. The maximum atomic E-state index is 10.4. The number of fused-ring (bicyclic) bond motifs is 1. The Bertz CT molecular complexity index is 1040. The summed E-state index contributed by atoms with van der Waals surface area (Å²) in [6.07, 6.45) is 14.5. The molecule has 3 rings (SSSR count). The van der Waals surface area contributed by atoms with Crippen LogP contribution in [0.5, 0.6) is 5.88 Å². The molecule has 3 aromatic heterocycles. The van der Waals surface area contributed by atoms with Crippen LogP contribution in [0.25, 0.3) is 27.6 Å². The first-order chi connectivity index (χ1) is 13.2. The summed E-state index contributed by atoms with van der Waals surface area (Å²) in [5.41, 5.74) is 7.94. The molecule has 0 unspecified atom stereocenters. The van der Waals surface area contributed by atoms with Crippen LogP contribution in [0, 0.1) is 12.3 Å². The van der Waals surface area contributed by atoms with Crippen LogP contribution in [-0.4, -0.2) is 38.3 Å². The maximum Gasteiger partial charge on any atom is 0.233 e. The monoisotopic (exact) mass is 381 g/mol. The molecule has 8 heteroatoms. The Kier molecular flexibility index (Phi) is 5.86. The minimum atomic E-state index is -0.0929. The predicted octanol–water partition coefficient (Wildman–Crippen LogP) is 2.79. The molecular formula is C19H19N5O2S. The highest BCUT2D eigenvalue weighted by atomic mass is 32.1. The van der Waals surface area contributed by atoms with Crippen molar-refractivity contribution < 1.29 is 9.84 Å². The first-order valence-electron chi connectivity index (χ1n) is 8.23. The maximum absolute atomic E-state index is 10.4. The molecular weight excluding hydrogens is 362 g/mol. The fourth-order valence-electron chi connectivity index (χ4n) is 2.58. The van der Waals surface area contributed by atoms with E-state index in [0.29, 0.717) is 46.3 Å². The molecule has 0 saturated carbocycles. The van der Waals surface area contributed by atoms with Gasteiger partial charge in [0.15, 0.2) is 11.6 Å². The molecule has 0 aliphatic heterocycles. The van der Waals surface area contributed by atoms with Crippen LogP contribution in [0.2, 0.25) is 0 Å². The lowest BCUT2D eigenvalue weighted by molar-refractivity contribution is 0.190. The summed E-state index contributed by atoms with van der Waals surface area (Å²) in [6, 6.07) is 0. The zero-order chi connectivity index (χ0) is 19.2. The van der Waals surface area contributed by atoms with Crippen LogP contribution in [0.4, 0.5) is 0 Å². The molecule has 3 N–H and O–H groups in total. The summed E-state index contributed by atoms with van der Waals surface area (Å²) < 4.78 is 7.60.